The third-order valence-electron chi connectivity index (χ3n) is 2.29. The lowest BCUT2D eigenvalue weighted by Crippen LogP contribution is -2.17. The number of rotatable bonds is 4. The lowest BCUT2D eigenvalue weighted by Gasteiger charge is -2.12. The number of halogens is 5. The fourth-order valence-electron chi connectivity index (χ4n) is 1.47. The van der Waals surface area contributed by atoms with Crippen LogP contribution in [0.1, 0.15) is 5.69 Å². The monoisotopic (exact) mass is 381 g/mol. The van der Waals surface area contributed by atoms with Crippen LogP contribution in [0.5, 0.6) is 11.5 Å². The highest BCUT2D eigenvalue weighted by molar-refractivity contribution is 9.10. The number of benzene rings is 1. The van der Waals surface area contributed by atoms with E-state index in [1.807, 2.05) is 0 Å². The number of hydrogen-bond acceptors (Lipinski definition) is 3. The molecule has 1 heterocycles. The van der Waals surface area contributed by atoms with Crippen LogP contribution in [0.25, 0.3) is 0 Å². The number of ether oxygens (including phenoxy) is 2. The van der Waals surface area contributed by atoms with E-state index >= 15 is 0 Å². The van der Waals surface area contributed by atoms with Gasteiger partial charge in [-0.3, -0.25) is 0 Å². The molecule has 112 valence electrons. The molecule has 0 aliphatic heterocycles. The van der Waals surface area contributed by atoms with E-state index in [2.05, 4.69) is 25.7 Å². The summed E-state index contributed by atoms with van der Waals surface area (Å²) in [6.45, 7) is 0.145. The highest BCUT2D eigenvalue weighted by atomic mass is 79.9. The van der Waals surface area contributed by atoms with Gasteiger partial charge in [-0.1, -0.05) is 17.7 Å². The molecule has 0 aliphatic rings. The molecular formula is C13H8BrClF3NO2. The van der Waals surface area contributed by atoms with E-state index < -0.39 is 6.36 Å². The van der Waals surface area contributed by atoms with Crippen LogP contribution >= 0.6 is 27.5 Å². The summed E-state index contributed by atoms with van der Waals surface area (Å²) in [7, 11) is 0. The van der Waals surface area contributed by atoms with Gasteiger partial charge in [-0.15, -0.1) is 13.2 Å². The number of hydrogen-bond donors (Lipinski definition) is 0. The number of alkyl halides is 3. The highest BCUT2D eigenvalue weighted by Gasteiger charge is 2.31. The molecule has 2 rings (SSSR count). The van der Waals surface area contributed by atoms with E-state index in [1.165, 1.54) is 12.1 Å². The molecule has 0 saturated heterocycles. The van der Waals surface area contributed by atoms with Crippen molar-refractivity contribution in [1.29, 1.82) is 0 Å². The van der Waals surface area contributed by atoms with Gasteiger partial charge in [-0.05, 0) is 46.3 Å². The van der Waals surface area contributed by atoms with E-state index in [0.717, 1.165) is 6.07 Å². The predicted molar refractivity (Wildman–Crippen MR) is 74.4 cm³/mol. The molecule has 1 aromatic carbocycles. The van der Waals surface area contributed by atoms with E-state index in [9.17, 15) is 13.2 Å². The van der Waals surface area contributed by atoms with Crippen LogP contribution in [0.3, 0.4) is 0 Å². The second-order valence-electron chi connectivity index (χ2n) is 3.88. The van der Waals surface area contributed by atoms with Crippen LogP contribution in [0.15, 0.2) is 40.9 Å². The molecule has 0 radical (unpaired) electrons. The molecule has 0 fully saturated rings. The number of nitrogens with zero attached hydrogens (tertiary/aromatic N) is 1. The second kappa shape index (κ2) is 6.53. The highest BCUT2D eigenvalue weighted by Crippen LogP contribution is 2.33. The normalized spacial score (nSPS) is 11.3. The Morgan fingerprint density at radius 2 is 1.95 bits per heavy atom. The summed E-state index contributed by atoms with van der Waals surface area (Å²) < 4.78 is 45.8. The van der Waals surface area contributed by atoms with Gasteiger partial charge in [0.25, 0.3) is 0 Å². The third kappa shape index (κ3) is 5.09. The van der Waals surface area contributed by atoms with Crippen LogP contribution in [0.4, 0.5) is 13.2 Å². The van der Waals surface area contributed by atoms with Crippen molar-refractivity contribution in [3.63, 3.8) is 0 Å². The summed E-state index contributed by atoms with van der Waals surface area (Å²) in [6, 6.07) is 9.00. The minimum atomic E-state index is -4.74. The van der Waals surface area contributed by atoms with Crippen LogP contribution in [0, 0.1) is 0 Å². The van der Waals surface area contributed by atoms with Gasteiger partial charge in [0.2, 0.25) is 0 Å². The van der Waals surface area contributed by atoms with Crippen molar-refractivity contribution in [2.24, 2.45) is 0 Å². The van der Waals surface area contributed by atoms with E-state index in [1.54, 1.807) is 18.2 Å². The molecule has 0 spiro atoms. The van der Waals surface area contributed by atoms with E-state index in [0.29, 0.717) is 16.6 Å². The van der Waals surface area contributed by atoms with Crippen molar-refractivity contribution in [1.82, 2.24) is 4.98 Å². The molecule has 0 saturated carbocycles. The Bertz CT molecular complexity index is 637. The summed E-state index contributed by atoms with van der Waals surface area (Å²) >= 11 is 8.73. The van der Waals surface area contributed by atoms with E-state index in [-0.39, 0.29) is 16.8 Å². The van der Waals surface area contributed by atoms with Crippen LogP contribution in [-0.2, 0) is 6.61 Å². The van der Waals surface area contributed by atoms with E-state index in [4.69, 9.17) is 16.3 Å². The maximum absolute atomic E-state index is 12.1. The van der Waals surface area contributed by atoms with Gasteiger partial charge in [-0.2, -0.15) is 0 Å². The molecule has 0 N–H and O–H groups in total. The number of aromatic nitrogens is 1. The zero-order valence-corrected chi connectivity index (χ0v) is 12.7. The molecule has 2 aromatic rings. The summed E-state index contributed by atoms with van der Waals surface area (Å²) in [4.78, 5) is 4.03. The molecule has 0 bridgehead atoms. The Morgan fingerprint density at radius 1 is 1.19 bits per heavy atom. The number of pyridine rings is 1. The second-order valence-corrected chi connectivity index (χ2v) is 5.12. The van der Waals surface area contributed by atoms with Crippen molar-refractivity contribution in [2.75, 3.05) is 0 Å². The molecule has 1 aromatic heterocycles. The third-order valence-corrected chi connectivity index (χ3v) is 3.12. The summed E-state index contributed by atoms with van der Waals surface area (Å²) in [5.74, 6) is 0.0360. The summed E-state index contributed by atoms with van der Waals surface area (Å²) in [6.07, 6.45) is -4.74. The Kier molecular flexibility index (Phi) is 4.95. The quantitative estimate of drug-likeness (QED) is 0.699. The fraction of sp³-hybridized carbons (Fsp3) is 0.154. The van der Waals surface area contributed by atoms with Crippen molar-refractivity contribution in [3.05, 3.63) is 51.7 Å². The zero-order chi connectivity index (χ0) is 15.5. The first-order valence-electron chi connectivity index (χ1n) is 5.63. The summed E-state index contributed by atoms with van der Waals surface area (Å²) in [5.41, 5.74) is 0.606. The average Bonchev–Trinajstić information content (AvgIpc) is 2.38. The Balaban J connectivity index is 2.03. The Labute approximate surface area is 131 Å². The van der Waals surface area contributed by atoms with Gasteiger partial charge in [0.1, 0.15) is 23.3 Å². The van der Waals surface area contributed by atoms with Gasteiger partial charge in [0.05, 0.1) is 10.2 Å². The maximum atomic E-state index is 12.1. The first-order chi connectivity index (χ1) is 9.83. The minimum absolute atomic E-state index is 0.136. The maximum Gasteiger partial charge on any atom is 0.573 e. The molecule has 0 aliphatic carbocycles. The fourth-order valence-corrected chi connectivity index (χ4v) is 2.09. The molecule has 0 amide bonds. The van der Waals surface area contributed by atoms with Gasteiger partial charge in [-0.25, -0.2) is 4.98 Å². The molecule has 8 heteroatoms. The Morgan fingerprint density at radius 3 is 2.57 bits per heavy atom. The van der Waals surface area contributed by atoms with Crippen molar-refractivity contribution >= 4 is 27.5 Å². The smallest absolute Gasteiger partial charge is 0.487 e. The molecular weight excluding hydrogens is 374 g/mol. The topological polar surface area (TPSA) is 31.4 Å². The molecule has 3 nitrogen and oxygen atoms in total. The van der Waals surface area contributed by atoms with Crippen molar-refractivity contribution in [3.8, 4) is 11.5 Å². The average molecular weight is 383 g/mol. The minimum Gasteiger partial charge on any atom is -0.487 e. The van der Waals surface area contributed by atoms with Gasteiger partial charge >= 0.3 is 6.36 Å². The predicted octanol–water partition coefficient (Wildman–Crippen LogP) is 4.98. The standard InChI is InChI=1S/C13H8BrClF3NO2/c14-10-6-9(4-5-11(10)21-13(16,17)18)20-7-8-2-1-3-12(15)19-8/h1-6H,7H2. The van der Waals surface area contributed by atoms with Crippen LogP contribution in [0.2, 0.25) is 5.15 Å². The lowest BCUT2D eigenvalue weighted by molar-refractivity contribution is -0.274. The molecule has 0 atom stereocenters. The first kappa shape index (κ1) is 15.9. The first-order valence-corrected chi connectivity index (χ1v) is 6.80. The van der Waals surface area contributed by atoms with Gasteiger partial charge < -0.3 is 9.47 Å². The zero-order valence-electron chi connectivity index (χ0n) is 10.3. The molecule has 21 heavy (non-hydrogen) atoms. The van der Waals surface area contributed by atoms with Crippen LogP contribution < -0.4 is 9.47 Å². The SMILES string of the molecule is FC(F)(F)Oc1ccc(OCc2cccc(Cl)n2)cc1Br. The molecule has 0 unspecified atom stereocenters. The van der Waals surface area contributed by atoms with Crippen molar-refractivity contribution < 1.29 is 22.6 Å². The Hall–Kier alpha value is -1.47. The largest absolute Gasteiger partial charge is 0.573 e. The van der Waals surface area contributed by atoms with Crippen molar-refractivity contribution in [2.45, 2.75) is 13.0 Å². The lowest BCUT2D eigenvalue weighted by atomic mass is 10.3. The van der Waals surface area contributed by atoms with Gasteiger partial charge in [0.15, 0.2) is 0 Å². The van der Waals surface area contributed by atoms with Gasteiger partial charge in [0, 0.05) is 0 Å². The van der Waals surface area contributed by atoms with Crippen LogP contribution in [-0.4, -0.2) is 11.3 Å². The summed E-state index contributed by atoms with van der Waals surface area (Å²) in [5, 5.41) is 0.339.